The SMILES string of the molecule is CC(=O)C1CNCCN1c1ccc(Cl)cc1. The Balaban J connectivity index is 2.23. The van der Waals surface area contributed by atoms with Gasteiger partial charge in [0.15, 0.2) is 5.78 Å². The normalized spacial score (nSPS) is 20.9. The lowest BCUT2D eigenvalue weighted by Crippen LogP contribution is -2.54. The van der Waals surface area contributed by atoms with Crippen molar-refractivity contribution < 1.29 is 4.79 Å². The van der Waals surface area contributed by atoms with Gasteiger partial charge in [0.2, 0.25) is 0 Å². The highest BCUT2D eigenvalue weighted by Gasteiger charge is 2.25. The number of anilines is 1. The van der Waals surface area contributed by atoms with E-state index in [9.17, 15) is 4.79 Å². The molecular weight excluding hydrogens is 224 g/mol. The number of carbonyl (C=O) groups excluding carboxylic acids is 1. The zero-order valence-corrected chi connectivity index (χ0v) is 10.00. The third-order valence-corrected chi connectivity index (χ3v) is 3.12. The molecule has 1 heterocycles. The van der Waals surface area contributed by atoms with Crippen LogP contribution < -0.4 is 10.2 Å². The summed E-state index contributed by atoms with van der Waals surface area (Å²) in [5.74, 6) is 0.196. The molecule has 1 aromatic rings. The molecule has 2 rings (SSSR count). The maximum absolute atomic E-state index is 11.5. The topological polar surface area (TPSA) is 32.3 Å². The van der Waals surface area contributed by atoms with E-state index in [-0.39, 0.29) is 11.8 Å². The van der Waals surface area contributed by atoms with E-state index in [4.69, 9.17) is 11.6 Å². The van der Waals surface area contributed by atoms with Gasteiger partial charge >= 0.3 is 0 Å². The Labute approximate surface area is 100 Å². The van der Waals surface area contributed by atoms with Gasteiger partial charge in [-0.2, -0.15) is 0 Å². The lowest BCUT2D eigenvalue weighted by Gasteiger charge is -2.36. The largest absolute Gasteiger partial charge is 0.359 e. The summed E-state index contributed by atoms with van der Waals surface area (Å²) >= 11 is 5.85. The van der Waals surface area contributed by atoms with Crippen LogP contribution in [0, 0.1) is 0 Å². The highest BCUT2D eigenvalue weighted by molar-refractivity contribution is 6.30. The molecule has 1 atom stereocenters. The van der Waals surface area contributed by atoms with Gasteiger partial charge in [-0.05, 0) is 31.2 Å². The predicted octanol–water partition coefficient (Wildman–Crippen LogP) is 1.71. The molecule has 0 spiro atoms. The molecule has 1 aromatic carbocycles. The monoisotopic (exact) mass is 238 g/mol. The van der Waals surface area contributed by atoms with Gasteiger partial charge in [0, 0.05) is 30.3 Å². The number of nitrogens with one attached hydrogen (secondary N) is 1. The minimum absolute atomic E-state index is 0.0603. The van der Waals surface area contributed by atoms with Gasteiger partial charge in [-0.1, -0.05) is 11.6 Å². The Bertz CT molecular complexity index is 377. The molecule has 0 aromatic heterocycles. The van der Waals surface area contributed by atoms with Crippen molar-refractivity contribution in [3.8, 4) is 0 Å². The van der Waals surface area contributed by atoms with Crippen LogP contribution in [0.5, 0.6) is 0 Å². The number of halogens is 1. The van der Waals surface area contributed by atoms with E-state index in [1.54, 1.807) is 6.92 Å². The van der Waals surface area contributed by atoms with Gasteiger partial charge in [-0.3, -0.25) is 4.79 Å². The maximum atomic E-state index is 11.5. The lowest BCUT2D eigenvalue weighted by molar-refractivity contribution is -0.118. The van der Waals surface area contributed by atoms with E-state index in [1.807, 2.05) is 24.3 Å². The number of benzene rings is 1. The van der Waals surface area contributed by atoms with Crippen molar-refractivity contribution in [2.75, 3.05) is 24.5 Å². The first-order valence-corrected chi connectivity index (χ1v) is 5.79. The fraction of sp³-hybridized carbons (Fsp3) is 0.417. The minimum Gasteiger partial charge on any atom is -0.359 e. The number of Topliss-reactive ketones (excluding diaryl/α,β-unsaturated/α-hetero) is 1. The van der Waals surface area contributed by atoms with Crippen molar-refractivity contribution in [1.82, 2.24) is 5.32 Å². The molecule has 0 bridgehead atoms. The van der Waals surface area contributed by atoms with Crippen molar-refractivity contribution in [2.45, 2.75) is 13.0 Å². The molecule has 0 saturated carbocycles. The molecule has 1 unspecified atom stereocenters. The van der Waals surface area contributed by atoms with Crippen LogP contribution in [0.25, 0.3) is 0 Å². The van der Waals surface area contributed by atoms with Crippen LogP contribution in [0.15, 0.2) is 24.3 Å². The molecule has 3 nitrogen and oxygen atoms in total. The van der Waals surface area contributed by atoms with E-state index in [0.29, 0.717) is 0 Å². The number of hydrogen-bond acceptors (Lipinski definition) is 3. The lowest BCUT2D eigenvalue weighted by atomic mass is 10.1. The van der Waals surface area contributed by atoms with Gasteiger partial charge in [-0.25, -0.2) is 0 Å². The molecule has 1 aliphatic rings. The first-order valence-electron chi connectivity index (χ1n) is 5.42. The Morgan fingerprint density at radius 2 is 2.12 bits per heavy atom. The van der Waals surface area contributed by atoms with Crippen LogP contribution in [0.1, 0.15) is 6.92 Å². The van der Waals surface area contributed by atoms with Crippen LogP contribution in [0.2, 0.25) is 5.02 Å². The second kappa shape index (κ2) is 4.85. The Morgan fingerprint density at radius 1 is 1.44 bits per heavy atom. The smallest absolute Gasteiger partial charge is 0.153 e. The summed E-state index contributed by atoms with van der Waals surface area (Å²) in [5.41, 5.74) is 1.06. The summed E-state index contributed by atoms with van der Waals surface area (Å²) in [7, 11) is 0. The van der Waals surface area contributed by atoms with Crippen LogP contribution in [0.4, 0.5) is 5.69 Å². The molecular formula is C12H15ClN2O. The Morgan fingerprint density at radius 3 is 2.75 bits per heavy atom. The summed E-state index contributed by atoms with van der Waals surface area (Å²) in [6, 6.07) is 7.58. The van der Waals surface area contributed by atoms with Crippen LogP contribution in [-0.2, 0) is 4.79 Å². The average molecular weight is 239 g/mol. The summed E-state index contributed by atoms with van der Waals surface area (Å²) < 4.78 is 0. The zero-order valence-electron chi connectivity index (χ0n) is 9.24. The molecule has 1 N–H and O–H groups in total. The Kier molecular flexibility index (Phi) is 3.46. The van der Waals surface area contributed by atoms with E-state index in [2.05, 4.69) is 10.2 Å². The number of rotatable bonds is 2. The van der Waals surface area contributed by atoms with Gasteiger partial charge in [-0.15, -0.1) is 0 Å². The summed E-state index contributed by atoms with van der Waals surface area (Å²) in [5, 5.41) is 3.96. The van der Waals surface area contributed by atoms with Crippen LogP contribution in [0.3, 0.4) is 0 Å². The first-order chi connectivity index (χ1) is 7.68. The highest BCUT2D eigenvalue weighted by atomic mass is 35.5. The van der Waals surface area contributed by atoms with Crippen molar-refractivity contribution in [3.05, 3.63) is 29.3 Å². The first kappa shape index (κ1) is 11.4. The molecule has 1 aliphatic heterocycles. The van der Waals surface area contributed by atoms with Crippen LogP contribution in [-0.4, -0.2) is 31.5 Å². The quantitative estimate of drug-likeness (QED) is 0.852. The summed E-state index contributed by atoms with van der Waals surface area (Å²) in [6.45, 7) is 4.12. The van der Waals surface area contributed by atoms with E-state index >= 15 is 0 Å². The summed E-state index contributed by atoms with van der Waals surface area (Å²) in [6.07, 6.45) is 0. The number of carbonyl (C=O) groups is 1. The standard InChI is InChI=1S/C12H15ClN2O/c1-9(16)12-8-14-6-7-15(12)11-4-2-10(13)3-5-11/h2-5,12,14H,6-8H2,1H3. The van der Waals surface area contributed by atoms with Crippen molar-refractivity contribution >= 4 is 23.1 Å². The molecule has 0 radical (unpaired) electrons. The van der Waals surface area contributed by atoms with E-state index in [1.165, 1.54) is 0 Å². The van der Waals surface area contributed by atoms with Crippen molar-refractivity contribution in [1.29, 1.82) is 0 Å². The second-order valence-corrected chi connectivity index (χ2v) is 4.44. The third kappa shape index (κ3) is 2.36. The number of piperazine rings is 1. The van der Waals surface area contributed by atoms with E-state index in [0.717, 1.165) is 30.3 Å². The zero-order chi connectivity index (χ0) is 11.5. The number of hydrogen-bond donors (Lipinski definition) is 1. The van der Waals surface area contributed by atoms with Crippen LogP contribution >= 0.6 is 11.6 Å². The summed E-state index contributed by atoms with van der Waals surface area (Å²) in [4.78, 5) is 13.7. The molecule has 4 heteroatoms. The molecule has 0 amide bonds. The fourth-order valence-corrected chi connectivity index (χ4v) is 2.14. The third-order valence-electron chi connectivity index (χ3n) is 2.87. The number of nitrogens with zero attached hydrogens (tertiary/aromatic N) is 1. The van der Waals surface area contributed by atoms with E-state index < -0.39 is 0 Å². The van der Waals surface area contributed by atoms with Gasteiger partial charge in [0.25, 0.3) is 0 Å². The second-order valence-electron chi connectivity index (χ2n) is 4.00. The molecule has 16 heavy (non-hydrogen) atoms. The number of ketones is 1. The minimum atomic E-state index is -0.0603. The van der Waals surface area contributed by atoms with Crippen molar-refractivity contribution in [2.24, 2.45) is 0 Å². The van der Waals surface area contributed by atoms with Gasteiger partial charge in [0.1, 0.15) is 0 Å². The van der Waals surface area contributed by atoms with Gasteiger partial charge in [0.05, 0.1) is 6.04 Å². The molecule has 1 saturated heterocycles. The van der Waals surface area contributed by atoms with Gasteiger partial charge < -0.3 is 10.2 Å². The predicted molar refractivity (Wildman–Crippen MR) is 66.1 cm³/mol. The Hall–Kier alpha value is -1.06. The molecule has 0 aliphatic carbocycles. The molecule has 1 fully saturated rings. The van der Waals surface area contributed by atoms with Crippen molar-refractivity contribution in [3.63, 3.8) is 0 Å². The maximum Gasteiger partial charge on any atom is 0.153 e. The average Bonchev–Trinajstić information content (AvgIpc) is 2.30. The molecule has 86 valence electrons. The fourth-order valence-electron chi connectivity index (χ4n) is 2.01. The highest BCUT2D eigenvalue weighted by Crippen LogP contribution is 2.21.